The summed E-state index contributed by atoms with van der Waals surface area (Å²) in [7, 11) is 0. The fourth-order valence-corrected chi connectivity index (χ4v) is 3.38. The number of hydrogen-bond acceptors (Lipinski definition) is 2. The summed E-state index contributed by atoms with van der Waals surface area (Å²) < 4.78 is 7.91. The molecule has 0 bridgehead atoms. The van der Waals surface area contributed by atoms with E-state index < -0.39 is 5.97 Å². The second-order valence-corrected chi connectivity index (χ2v) is 7.01. The number of para-hydroxylation sites is 1. The highest BCUT2D eigenvalue weighted by Crippen LogP contribution is 2.25. The van der Waals surface area contributed by atoms with E-state index in [2.05, 4.69) is 4.57 Å². The largest absolute Gasteiger partial charge is 0.481 e. The summed E-state index contributed by atoms with van der Waals surface area (Å²) in [6, 6.07) is 23.0. The van der Waals surface area contributed by atoms with Gasteiger partial charge in [-0.3, -0.25) is 4.79 Å². The van der Waals surface area contributed by atoms with Gasteiger partial charge in [0.1, 0.15) is 11.5 Å². The first-order valence-electron chi connectivity index (χ1n) is 8.89. The molecular weight excluding hydrogens is 374 g/mol. The number of aliphatic carboxylic acids is 1. The summed E-state index contributed by atoms with van der Waals surface area (Å²) in [5, 5.41) is 10.8. The Morgan fingerprint density at radius 2 is 1.57 bits per heavy atom. The standard InChI is InChI=1S/C23H18ClNO3/c24-18-7-11-20(12-8-18)28-19-9-5-16(6-10-19)14-25-15-17(13-23(26)27)21-3-1-2-4-22(21)25/h1-12,15H,13-14H2,(H,26,27). The first-order valence-corrected chi connectivity index (χ1v) is 9.27. The number of nitrogens with zero attached hydrogens (tertiary/aromatic N) is 1. The van der Waals surface area contributed by atoms with Crippen LogP contribution >= 0.6 is 11.6 Å². The molecule has 0 atom stereocenters. The number of carbonyl (C=O) groups is 1. The lowest BCUT2D eigenvalue weighted by atomic mass is 10.1. The molecule has 4 aromatic rings. The van der Waals surface area contributed by atoms with E-state index in [-0.39, 0.29) is 6.42 Å². The van der Waals surface area contributed by atoms with Gasteiger partial charge in [-0.05, 0) is 53.6 Å². The summed E-state index contributed by atoms with van der Waals surface area (Å²) in [5.41, 5.74) is 2.96. The summed E-state index contributed by atoms with van der Waals surface area (Å²) in [4.78, 5) is 11.2. The van der Waals surface area contributed by atoms with Crippen molar-refractivity contribution in [1.29, 1.82) is 0 Å². The van der Waals surface area contributed by atoms with Crippen molar-refractivity contribution in [1.82, 2.24) is 4.57 Å². The third kappa shape index (κ3) is 4.02. The Morgan fingerprint density at radius 1 is 0.929 bits per heavy atom. The molecule has 0 aliphatic rings. The van der Waals surface area contributed by atoms with E-state index in [0.29, 0.717) is 11.6 Å². The van der Waals surface area contributed by atoms with Gasteiger partial charge in [-0.15, -0.1) is 0 Å². The molecule has 0 spiro atoms. The van der Waals surface area contributed by atoms with E-state index in [1.165, 1.54) is 0 Å². The fourth-order valence-electron chi connectivity index (χ4n) is 3.26. The molecule has 0 saturated carbocycles. The van der Waals surface area contributed by atoms with Crippen molar-refractivity contribution in [3.05, 3.63) is 95.1 Å². The molecule has 3 aromatic carbocycles. The Hall–Kier alpha value is -3.24. The zero-order valence-corrected chi connectivity index (χ0v) is 15.8. The van der Waals surface area contributed by atoms with Gasteiger partial charge in [-0.25, -0.2) is 0 Å². The Bertz CT molecular complexity index is 1120. The SMILES string of the molecule is O=C(O)Cc1cn(Cc2ccc(Oc3ccc(Cl)cc3)cc2)c2ccccc12. The van der Waals surface area contributed by atoms with Crippen molar-refractivity contribution in [2.24, 2.45) is 0 Å². The van der Waals surface area contributed by atoms with Crippen LogP contribution in [0, 0.1) is 0 Å². The minimum absolute atomic E-state index is 0.0153. The van der Waals surface area contributed by atoms with Gasteiger partial charge >= 0.3 is 5.97 Å². The summed E-state index contributed by atoms with van der Waals surface area (Å²) in [6.45, 7) is 0.654. The number of ether oxygens (including phenoxy) is 1. The third-order valence-corrected chi connectivity index (χ3v) is 4.79. The van der Waals surface area contributed by atoms with Crippen LogP contribution in [0.15, 0.2) is 79.0 Å². The van der Waals surface area contributed by atoms with Gasteiger partial charge in [-0.2, -0.15) is 0 Å². The summed E-state index contributed by atoms with van der Waals surface area (Å²) >= 11 is 5.89. The number of halogens is 1. The predicted octanol–water partition coefficient (Wildman–Crippen LogP) is 5.76. The van der Waals surface area contributed by atoms with Gasteiger partial charge in [0.25, 0.3) is 0 Å². The Morgan fingerprint density at radius 3 is 2.25 bits per heavy atom. The monoisotopic (exact) mass is 391 g/mol. The maximum Gasteiger partial charge on any atom is 0.307 e. The van der Waals surface area contributed by atoms with Crippen LogP contribution in [-0.2, 0) is 17.8 Å². The van der Waals surface area contributed by atoms with Gasteiger partial charge in [0.05, 0.1) is 6.42 Å². The number of carboxylic acids is 1. The van der Waals surface area contributed by atoms with Crippen LogP contribution in [0.4, 0.5) is 0 Å². The number of hydrogen-bond donors (Lipinski definition) is 1. The van der Waals surface area contributed by atoms with Crippen LogP contribution in [0.3, 0.4) is 0 Å². The molecule has 4 nitrogen and oxygen atoms in total. The maximum absolute atomic E-state index is 11.2. The highest BCUT2D eigenvalue weighted by molar-refractivity contribution is 6.30. The second-order valence-electron chi connectivity index (χ2n) is 6.57. The highest BCUT2D eigenvalue weighted by Gasteiger charge is 2.11. The average Bonchev–Trinajstić information content (AvgIpc) is 3.02. The molecule has 1 N–H and O–H groups in total. The minimum atomic E-state index is -0.827. The van der Waals surface area contributed by atoms with Crippen LogP contribution in [0.5, 0.6) is 11.5 Å². The number of carboxylic acid groups (broad SMARTS) is 1. The molecule has 5 heteroatoms. The van der Waals surface area contributed by atoms with Crippen LogP contribution in [0.2, 0.25) is 5.02 Å². The summed E-state index contributed by atoms with van der Waals surface area (Å²) in [5.74, 6) is 0.647. The molecule has 1 heterocycles. The molecule has 0 fully saturated rings. The maximum atomic E-state index is 11.2. The average molecular weight is 392 g/mol. The number of aromatic nitrogens is 1. The lowest BCUT2D eigenvalue weighted by Crippen LogP contribution is -2.00. The molecular formula is C23H18ClNO3. The van der Waals surface area contributed by atoms with Gasteiger partial charge in [0.2, 0.25) is 0 Å². The topological polar surface area (TPSA) is 51.5 Å². The first kappa shape index (κ1) is 18.1. The molecule has 140 valence electrons. The Balaban J connectivity index is 1.54. The molecule has 28 heavy (non-hydrogen) atoms. The number of rotatable bonds is 6. The van der Waals surface area contributed by atoms with Gasteiger partial charge in [0, 0.05) is 28.7 Å². The second kappa shape index (κ2) is 7.79. The predicted molar refractivity (Wildman–Crippen MR) is 110 cm³/mol. The van der Waals surface area contributed by atoms with Gasteiger partial charge in [-0.1, -0.05) is 41.9 Å². The van der Waals surface area contributed by atoms with Crippen molar-refractivity contribution in [3.63, 3.8) is 0 Å². The quantitative estimate of drug-likeness (QED) is 0.454. The van der Waals surface area contributed by atoms with Crippen molar-refractivity contribution in [2.45, 2.75) is 13.0 Å². The minimum Gasteiger partial charge on any atom is -0.481 e. The van der Waals surface area contributed by atoms with Crippen LogP contribution in [0.25, 0.3) is 10.9 Å². The molecule has 0 unspecified atom stereocenters. The lowest BCUT2D eigenvalue weighted by molar-refractivity contribution is -0.136. The van der Waals surface area contributed by atoms with Gasteiger partial charge in [0.15, 0.2) is 0 Å². The number of benzene rings is 3. The zero-order valence-electron chi connectivity index (χ0n) is 15.0. The third-order valence-electron chi connectivity index (χ3n) is 4.54. The van der Waals surface area contributed by atoms with Crippen LogP contribution < -0.4 is 4.74 Å². The highest BCUT2D eigenvalue weighted by atomic mass is 35.5. The van der Waals surface area contributed by atoms with Crippen molar-refractivity contribution >= 4 is 28.5 Å². The molecule has 1 aromatic heterocycles. The fraction of sp³-hybridized carbons (Fsp3) is 0.0870. The van der Waals surface area contributed by atoms with E-state index in [9.17, 15) is 4.79 Å². The molecule has 0 aliphatic heterocycles. The van der Waals surface area contributed by atoms with Gasteiger partial charge < -0.3 is 14.4 Å². The first-order chi connectivity index (χ1) is 13.6. The molecule has 0 amide bonds. The Kier molecular flexibility index (Phi) is 5.04. The smallest absolute Gasteiger partial charge is 0.307 e. The van der Waals surface area contributed by atoms with Crippen molar-refractivity contribution in [3.8, 4) is 11.5 Å². The van der Waals surface area contributed by atoms with E-state index in [1.807, 2.05) is 66.9 Å². The summed E-state index contributed by atoms with van der Waals surface area (Å²) in [6.07, 6.45) is 1.94. The zero-order chi connectivity index (χ0) is 19.5. The molecule has 0 aliphatic carbocycles. The molecule has 4 rings (SSSR count). The van der Waals surface area contributed by atoms with E-state index in [1.54, 1.807) is 12.1 Å². The van der Waals surface area contributed by atoms with E-state index in [4.69, 9.17) is 21.4 Å². The van der Waals surface area contributed by atoms with Crippen molar-refractivity contribution < 1.29 is 14.6 Å². The van der Waals surface area contributed by atoms with Crippen LogP contribution in [-0.4, -0.2) is 15.6 Å². The van der Waals surface area contributed by atoms with Crippen molar-refractivity contribution in [2.75, 3.05) is 0 Å². The lowest BCUT2D eigenvalue weighted by Gasteiger charge is -2.08. The van der Waals surface area contributed by atoms with E-state index >= 15 is 0 Å². The number of fused-ring (bicyclic) bond motifs is 1. The molecule has 0 radical (unpaired) electrons. The van der Waals surface area contributed by atoms with E-state index in [0.717, 1.165) is 33.5 Å². The Labute approximate surface area is 167 Å². The van der Waals surface area contributed by atoms with Crippen LogP contribution in [0.1, 0.15) is 11.1 Å². The molecule has 0 saturated heterocycles. The normalized spacial score (nSPS) is 10.9.